The molecule has 1 N–H and O–H groups in total. The van der Waals surface area contributed by atoms with Crippen molar-refractivity contribution in [1.82, 2.24) is 5.32 Å². The Bertz CT molecular complexity index is 425. The molecule has 1 aromatic carbocycles. The molecule has 0 amide bonds. The third kappa shape index (κ3) is 2.88. The van der Waals surface area contributed by atoms with Gasteiger partial charge in [0, 0.05) is 22.5 Å². The Hall–Kier alpha value is -0.380. The quantitative estimate of drug-likeness (QED) is 0.841. The van der Waals surface area contributed by atoms with Crippen LogP contribution < -0.4 is 5.32 Å². The van der Waals surface area contributed by atoms with Crippen molar-refractivity contribution in [3.8, 4) is 0 Å². The van der Waals surface area contributed by atoms with Crippen molar-refractivity contribution < 1.29 is 4.74 Å². The molecule has 3 rings (SSSR count). The molecule has 1 heterocycles. The number of rotatable bonds is 1. The smallest absolute Gasteiger partial charge is 0.0975 e. The lowest BCUT2D eigenvalue weighted by Gasteiger charge is -2.26. The fourth-order valence-electron chi connectivity index (χ4n) is 3.43. The van der Waals surface area contributed by atoms with Gasteiger partial charge in [-0.3, -0.25) is 0 Å². The molecule has 2 aliphatic rings. The second-order valence-corrected chi connectivity index (χ2v) is 7.08. The predicted octanol–water partition coefficient (Wildman–Crippen LogP) is 4.06. The van der Waals surface area contributed by atoms with Gasteiger partial charge in [0.2, 0.25) is 0 Å². The summed E-state index contributed by atoms with van der Waals surface area (Å²) in [6.07, 6.45) is 5.54. The van der Waals surface area contributed by atoms with E-state index in [2.05, 4.69) is 52.4 Å². The second-order valence-electron chi connectivity index (χ2n) is 6.16. The van der Waals surface area contributed by atoms with E-state index in [0.29, 0.717) is 11.5 Å². The van der Waals surface area contributed by atoms with E-state index in [-0.39, 0.29) is 6.10 Å². The van der Waals surface area contributed by atoms with E-state index in [4.69, 9.17) is 4.74 Å². The highest BCUT2D eigenvalue weighted by Gasteiger charge is 2.38. The van der Waals surface area contributed by atoms with Crippen LogP contribution >= 0.6 is 15.9 Å². The minimum atomic E-state index is 0.174. The molecule has 0 radical (unpaired) electrons. The topological polar surface area (TPSA) is 21.3 Å². The molecular weight excluding hydrogens is 302 g/mol. The zero-order valence-electron chi connectivity index (χ0n) is 11.5. The molecule has 2 nitrogen and oxygen atoms in total. The summed E-state index contributed by atoms with van der Waals surface area (Å²) in [5, 5.41) is 3.70. The van der Waals surface area contributed by atoms with Crippen LogP contribution in [0.15, 0.2) is 28.7 Å². The average molecular weight is 324 g/mol. The van der Waals surface area contributed by atoms with E-state index in [1.54, 1.807) is 0 Å². The van der Waals surface area contributed by atoms with Crippen molar-refractivity contribution in [3.63, 3.8) is 0 Å². The fourth-order valence-corrected chi connectivity index (χ4v) is 3.69. The zero-order valence-corrected chi connectivity index (χ0v) is 13.1. The maximum atomic E-state index is 6.30. The Kier molecular flexibility index (Phi) is 3.97. The molecule has 0 aromatic heterocycles. The van der Waals surface area contributed by atoms with Gasteiger partial charge in [-0.05, 0) is 37.5 Å². The molecule has 19 heavy (non-hydrogen) atoms. The molecule has 2 unspecified atom stereocenters. The van der Waals surface area contributed by atoms with Gasteiger partial charge in [0.15, 0.2) is 0 Å². The number of benzene rings is 1. The van der Waals surface area contributed by atoms with Crippen LogP contribution in [0.4, 0.5) is 0 Å². The van der Waals surface area contributed by atoms with Crippen molar-refractivity contribution in [2.24, 2.45) is 5.41 Å². The first-order valence-electron chi connectivity index (χ1n) is 7.29. The van der Waals surface area contributed by atoms with Gasteiger partial charge < -0.3 is 10.1 Å². The number of halogens is 1. The molecule has 0 bridgehead atoms. The first-order valence-corrected chi connectivity index (χ1v) is 8.08. The summed E-state index contributed by atoms with van der Waals surface area (Å²) >= 11 is 3.49. The van der Waals surface area contributed by atoms with Crippen molar-refractivity contribution in [2.75, 3.05) is 13.2 Å². The molecule has 1 aromatic rings. The lowest BCUT2D eigenvalue weighted by Crippen LogP contribution is -2.36. The highest BCUT2D eigenvalue weighted by atomic mass is 79.9. The molecule has 1 aliphatic heterocycles. The van der Waals surface area contributed by atoms with Crippen LogP contribution in [0.25, 0.3) is 0 Å². The molecule has 2 atom stereocenters. The molecule has 1 saturated carbocycles. The Balaban J connectivity index is 1.77. The van der Waals surface area contributed by atoms with Gasteiger partial charge in [0.1, 0.15) is 0 Å². The summed E-state index contributed by atoms with van der Waals surface area (Å²) in [7, 11) is 0. The maximum Gasteiger partial charge on any atom is 0.0975 e. The normalized spacial score (nSPS) is 30.4. The largest absolute Gasteiger partial charge is 0.371 e. The van der Waals surface area contributed by atoms with Gasteiger partial charge in [-0.25, -0.2) is 0 Å². The van der Waals surface area contributed by atoms with E-state index >= 15 is 0 Å². The summed E-state index contributed by atoms with van der Waals surface area (Å²) in [6.45, 7) is 4.26. The number of nitrogens with one attached hydrogen (secondary N) is 1. The van der Waals surface area contributed by atoms with Gasteiger partial charge in [0.25, 0.3) is 0 Å². The summed E-state index contributed by atoms with van der Waals surface area (Å²) in [6, 6.07) is 8.91. The van der Waals surface area contributed by atoms with Crippen molar-refractivity contribution in [1.29, 1.82) is 0 Å². The number of hydrogen-bond donors (Lipinski definition) is 1. The minimum absolute atomic E-state index is 0.174. The monoisotopic (exact) mass is 323 g/mol. The van der Waals surface area contributed by atoms with Crippen LogP contribution in [0.5, 0.6) is 0 Å². The SMILES string of the molecule is CC1NCC2(CCCC2)COC1c1ccc(Br)cc1. The molecule has 1 spiro atoms. The van der Waals surface area contributed by atoms with Gasteiger partial charge in [-0.15, -0.1) is 0 Å². The highest BCUT2D eigenvalue weighted by Crippen LogP contribution is 2.41. The van der Waals surface area contributed by atoms with Gasteiger partial charge in [0.05, 0.1) is 12.7 Å². The fraction of sp³-hybridized carbons (Fsp3) is 0.625. The Morgan fingerprint density at radius 3 is 2.58 bits per heavy atom. The van der Waals surface area contributed by atoms with Crippen LogP contribution in [0.2, 0.25) is 0 Å². The molecule has 3 heteroatoms. The second kappa shape index (κ2) is 5.55. The highest BCUT2D eigenvalue weighted by molar-refractivity contribution is 9.10. The molecular formula is C16H22BrNO. The van der Waals surface area contributed by atoms with Crippen LogP contribution in [0.3, 0.4) is 0 Å². The van der Waals surface area contributed by atoms with E-state index in [1.807, 2.05) is 0 Å². The molecule has 104 valence electrons. The van der Waals surface area contributed by atoms with Crippen molar-refractivity contribution >= 4 is 15.9 Å². The van der Waals surface area contributed by atoms with Gasteiger partial charge >= 0.3 is 0 Å². The Morgan fingerprint density at radius 2 is 1.89 bits per heavy atom. The summed E-state index contributed by atoms with van der Waals surface area (Å²) in [4.78, 5) is 0. The van der Waals surface area contributed by atoms with E-state index in [9.17, 15) is 0 Å². The lowest BCUT2D eigenvalue weighted by molar-refractivity contribution is 0.00412. The average Bonchev–Trinajstić information content (AvgIpc) is 2.81. The Labute approximate surface area is 124 Å². The maximum absolute atomic E-state index is 6.30. The third-order valence-electron chi connectivity index (χ3n) is 4.68. The summed E-state index contributed by atoms with van der Waals surface area (Å²) in [5.41, 5.74) is 1.68. The standard InChI is InChI=1S/C16H22BrNO/c1-12-15(13-4-6-14(17)7-5-13)19-11-16(10-18-12)8-2-3-9-16/h4-7,12,15,18H,2-3,8-11H2,1H3. The van der Waals surface area contributed by atoms with Gasteiger partial charge in [-0.2, -0.15) is 0 Å². The summed E-state index contributed by atoms with van der Waals surface area (Å²) < 4.78 is 7.42. The third-order valence-corrected chi connectivity index (χ3v) is 5.21. The molecule has 1 saturated heterocycles. The van der Waals surface area contributed by atoms with Crippen LogP contribution in [0.1, 0.15) is 44.3 Å². The van der Waals surface area contributed by atoms with Crippen molar-refractivity contribution in [2.45, 2.75) is 44.8 Å². The predicted molar refractivity (Wildman–Crippen MR) is 81.2 cm³/mol. The van der Waals surface area contributed by atoms with Gasteiger partial charge in [-0.1, -0.05) is 40.9 Å². The first kappa shape index (κ1) is 13.6. The van der Waals surface area contributed by atoms with Crippen molar-refractivity contribution in [3.05, 3.63) is 34.3 Å². The number of hydrogen-bond acceptors (Lipinski definition) is 2. The van der Waals surface area contributed by atoms with E-state index in [1.165, 1.54) is 31.2 Å². The van der Waals surface area contributed by atoms with Crippen LogP contribution in [-0.4, -0.2) is 19.2 Å². The van der Waals surface area contributed by atoms with E-state index in [0.717, 1.165) is 17.6 Å². The Morgan fingerprint density at radius 1 is 1.21 bits per heavy atom. The molecule has 2 fully saturated rings. The first-order chi connectivity index (χ1) is 9.19. The zero-order chi connectivity index (χ0) is 13.3. The minimum Gasteiger partial charge on any atom is -0.371 e. The van der Waals surface area contributed by atoms with E-state index < -0.39 is 0 Å². The summed E-state index contributed by atoms with van der Waals surface area (Å²) in [5.74, 6) is 0. The molecule has 1 aliphatic carbocycles. The lowest BCUT2D eigenvalue weighted by atomic mass is 9.87. The number of ether oxygens (including phenoxy) is 1. The van der Waals surface area contributed by atoms with Crippen LogP contribution in [0, 0.1) is 5.41 Å². The van der Waals surface area contributed by atoms with Crippen LogP contribution in [-0.2, 0) is 4.74 Å².